The van der Waals surface area contributed by atoms with Crippen LogP contribution in [0.3, 0.4) is 0 Å². The van der Waals surface area contributed by atoms with E-state index in [0.29, 0.717) is 5.92 Å². The Hall–Kier alpha value is -0.0400. The molecule has 11 heavy (non-hydrogen) atoms. The molecule has 1 nitrogen and oxygen atoms in total. The van der Waals surface area contributed by atoms with E-state index in [1.165, 1.54) is 12.8 Å². The van der Waals surface area contributed by atoms with E-state index < -0.39 is 0 Å². The maximum Gasteiger partial charge on any atom is 0.0571 e. The van der Waals surface area contributed by atoms with Gasteiger partial charge in [0.25, 0.3) is 0 Å². The predicted molar refractivity (Wildman–Crippen MR) is 45.2 cm³/mol. The molecule has 0 bridgehead atoms. The van der Waals surface area contributed by atoms with E-state index in [1.54, 1.807) is 0 Å². The summed E-state index contributed by atoms with van der Waals surface area (Å²) in [6.45, 7) is 4.56. The molecule has 0 aliphatic heterocycles. The number of fused-ring (bicyclic) bond motifs is 1. The van der Waals surface area contributed by atoms with Crippen molar-refractivity contribution in [2.75, 3.05) is 0 Å². The quantitative estimate of drug-likeness (QED) is 0.566. The van der Waals surface area contributed by atoms with Crippen LogP contribution in [0.25, 0.3) is 0 Å². The second-order valence-electron chi connectivity index (χ2n) is 4.54. The van der Waals surface area contributed by atoms with Gasteiger partial charge in [0.2, 0.25) is 0 Å². The number of aliphatic hydroxyl groups excluding tert-OH is 1. The molecule has 0 amide bonds. The highest BCUT2D eigenvalue weighted by molar-refractivity contribution is 4.95. The van der Waals surface area contributed by atoms with Gasteiger partial charge in [-0.15, -0.1) is 0 Å². The monoisotopic (exact) mass is 154 g/mol. The molecule has 1 N–H and O–H groups in total. The molecule has 2 aliphatic rings. The smallest absolute Gasteiger partial charge is 0.0571 e. The SMILES string of the molecule is C[C@@H]1[C@@H]2CC[C@@H](C)[C@@H]2C[C@H]1O. The van der Waals surface area contributed by atoms with Crippen LogP contribution in [0.15, 0.2) is 0 Å². The van der Waals surface area contributed by atoms with Crippen molar-refractivity contribution in [3.8, 4) is 0 Å². The minimum absolute atomic E-state index is 0.00718. The summed E-state index contributed by atoms with van der Waals surface area (Å²) in [4.78, 5) is 0. The number of rotatable bonds is 0. The van der Waals surface area contributed by atoms with E-state index in [1.807, 2.05) is 0 Å². The van der Waals surface area contributed by atoms with Crippen LogP contribution in [0.5, 0.6) is 0 Å². The molecule has 0 unspecified atom stereocenters. The first-order valence-electron chi connectivity index (χ1n) is 4.88. The molecule has 1 heteroatoms. The van der Waals surface area contributed by atoms with Crippen molar-refractivity contribution in [2.24, 2.45) is 23.7 Å². The van der Waals surface area contributed by atoms with Crippen molar-refractivity contribution in [2.45, 2.75) is 39.2 Å². The van der Waals surface area contributed by atoms with Crippen molar-refractivity contribution in [3.63, 3.8) is 0 Å². The Balaban J connectivity index is 2.12. The number of hydrogen-bond acceptors (Lipinski definition) is 1. The summed E-state index contributed by atoms with van der Waals surface area (Å²) in [7, 11) is 0. The van der Waals surface area contributed by atoms with Gasteiger partial charge in [-0.2, -0.15) is 0 Å². The van der Waals surface area contributed by atoms with Crippen LogP contribution in [0.4, 0.5) is 0 Å². The second-order valence-corrected chi connectivity index (χ2v) is 4.54. The average Bonchev–Trinajstić information content (AvgIpc) is 2.43. The molecule has 0 aromatic carbocycles. The summed E-state index contributed by atoms with van der Waals surface area (Å²) in [5.41, 5.74) is 0. The first-order chi connectivity index (χ1) is 5.20. The lowest BCUT2D eigenvalue weighted by Gasteiger charge is -2.15. The van der Waals surface area contributed by atoms with Gasteiger partial charge in [0, 0.05) is 0 Å². The van der Waals surface area contributed by atoms with Gasteiger partial charge in [-0.05, 0) is 36.5 Å². The lowest BCUT2D eigenvalue weighted by Crippen LogP contribution is -2.14. The molecular formula is C10H18O. The van der Waals surface area contributed by atoms with Gasteiger partial charge in [0.1, 0.15) is 0 Å². The molecule has 0 saturated heterocycles. The van der Waals surface area contributed by atoms with Gasteiger partial charge in [-0.3, -0.25) is 0 Å². The molecule has 0 radical (unpaired) electrons. The van der Waals surface area contributed by atoms with Crippen molar-refractivity contribution in [3.05, 3.63) is 0 Å². The third-order valence-electron chi connectivity index (χ3n) is 4.03. The molecule has 2 saturated carbocycles. The van der Waals surface area contributed by atoms with Crippen LogP contribution in [0.2, 0.25) is 0 Å². The first-order valence-corrected chi connectivity index (χ1v) is 4.88. The molecule has 0 heterocycles. The van der Waals surface area contributed by atoms with E-state index >= 15 is 0 Å². The summed E-state index contributed by atoms with van der Waals surface area (Å²) in [6, 6.07) is 0. The van der Waals surface area contributed by atoms with Crippen molar-refractivity contribution in [1.29, 1.82) is 0 Å². The molecular weight excluding hydrogens is 136 g/mol. The number of hydrogen-bond donors (Lipinski definition) is 1. The van der Waals surface area contributed by atoms with Gasteiger partial charge in [-0.1, -0.05) is 20.3 Å². The van der Waals surface area contributed by atoms with E-state index in [4.69, 9.17) is 0 Å². The second kappa shape index (κ2) is 2.48. The zero-order valence-electron chi connectivity index (χ0n) is 7.46. The largest absolute Gasteiger partial charge is 0.393 e. The Morgan fingerprint density at radius 2 is 1.82 bits per heavy atom. The van der Waals surface area contributed by atoms with Gasteiger partial charge in [0.05, 0.1) is 6.10 Å². The van der Waals surface area contributed by atoms with E-state index in [0.717, 1.165) is 24.2 Å². The zero-order valence-corrected chi connectivity index (χ0v) is 7.46. The Morgan fingerprint density at radius 1 is 1.09 bits per heavy atom. The van der Waals surface area contributed by atoms with Gasteiger partial charge in [-0.25, -0.2) is 0 Å². The normalized spacial score (nSPS) is 56.5. The first kappa shape index (κ1) is 7.60. The summed E-state index contributed by atoms with van der Waals surface area (Å²) >= 11 is 0. The molecule has 0 spiro atoms. The molecule has 2 aliphatic carbocycles. The highest BCUT2D eigenvalue weighted by atomic mass is 16.3. The van der Waals surface area contributed by atoms with Crippen LogP contribution in [-0.2, 0) is 0 Å². The third-order valence-corrected chi connectivity index (χ3v) is 4.03. The highest BCUT2D eigenvalue weighted by Crippen LogP contribution is 2.50. The average molecular weight is 154 g/mol. The lowest BCUT2D eigenvalue weighted by atomic mass is 9.90. The lowest BCUT2D eigenvalue weighted by molar-refractivity contribution is 0.124. The summed E-state index contributed by atoms with van der Waals surface area (Å²) in [5, 5.41) is 9.62. The van der Waals surface area contributed by atoms with Crippen molar-refractivity contribution < 1.29 is 5.11 Å². The van der Waals surface area contributed by atoms with Crippen LogP contribution in [0, 0.1) is 23.7 Å². The van der Waals surface area contributed by atoms with Crippen LogP contribution in [0.1, 0.15) is 33.1 Å². The van der Waals surface area contributed by atoms with Crippen molar-refractivity contribution >= 4 is 0 Å². The minimum Gasteiger partial charge on any atom is -0.393 e. The Morgan fingerprint density at radius 3 is 2.45 bits per heavy atom. The highest BCUT2D eigenvalue weighted by Gasteiger charge is 2.45. The van der Waals surface area contributed by atoms with Crippen LogP contribution < -0.4 is 0 Å². The molecule has 0 aromatic heterocycles. The van der Waals surface area contributed by atoms with E-state index in [9.17, 15) is 5.11 Å². The Labute approximate surface area is 68.8 Å². The van der Waals surface area contributed by atoms with Gasteiger partial charge < -0.3 is 5.11 Å². The predicted octanol–water partition coefficient (Wildman–Crippen LogP) is 2.05. The van der Waals surface area contributed by atoms with E-state index in [2.05, 4.69) is 13.8 Å². The van der Waals surface area contributed by atoms with E-state index in [-0.39, 0.29) is 6.10 Å². The van der Waals surface area contributed by atoms with Crippen LogP contribution in [-0.4, -0.2) is 11.2 Å². The fourth-order valence-corrected chi connectivity index (χ4v) is 3.14. The minimum atomic E-state index is 0.00718. The van der Waals surface area contributed by atoms with Gasteiger partial charge >= 0.3 is 0 Å². The van der Waals surface area contributed by atoms with Gasteiger partial charge in [0.15, 0.2) is 0 Å². The molecule has 64 valence electrons. The summed E-state index contributed by atoms with van der Waals surface area (Å²) < 4.78 is 0. The van der Waals surface area contributed by atoms with Crippen molar-refractivity contribution in [1.82, 2.24) is 0 Å². The maximum atomic E-state index is 9.62. The molecule has 2 rings (SSSR count). The standard InChI is InChI=1S/C10H18O/c1-6-3-4-8-7(2)10(11)5-9(6)8/h6-11H,3-5H2,1-2H3/t6-,7-,8+,9+,10-/m1/s1. The Kier molecular flexibility index (Phi) is 1.71. The topological polar surface area (TPSA) is 20.2 Å². The zero-order chi connectivity index (χ0) is 8.01. The molecule has 5 atom stereocenters. The van der Waals surface area contributed by atoms with Crippen LogP contribution >= 0.6 is 0 Å². The fraction of sp³-hybridized carbons (Fsp3) is 1.00. The Bertz CT molecular complexity index is 155. The summed E-state index contributed by atoms with van der Waals surface area (Å²) in [5.74, 6) is 3.14. The molecule has 0 aromatic rings. The molecule has 2 fully saturated rings. The fourth-order valence-electron chi connectivity index (χ4n) is 3.14. The maximum absolute atomic E-state index is 9.62. The third kappa shape index (κ3) is 1.01. The number of aliphatic hydroxyl groups is 1. The summed E-state index contributed by atoms with van der Waals surface area (Å²) in [6.07, 6.45) is 3.84.